The highest BCUT2D eigenvalue weighted by Crippen LogP contribution is 2.40. The number of nitrogens with zero attached hydrogens (tertiary/aromatic N) is 4. The molecule has 0 bridgehead atoms. The molecule has 10 nitrogen and oxygen atoms in total. The summed E-state index contributed by atoms with van der Waals surface area (Å²) < 4.78 is 14.1. The molecule has 10 heteroatoms. The first-order chi connectivity index (χ1) is 17.9. The molecule has 0 aliphatic carbocycles. The Morgan fingerprint density at radius 2 is 2.00 bits per heavy atom. The average Bonchev–Trinajstić information content (AvgIpc) is 3.34. The molecule has 5 rings (SSSR count). The summed E-state index contributed by atoms with van der Waals surface area (Å²) >= 11 is 0. The number of benzene rings is 2. The first kappa shape index (κ1) is 24.4. The van der Waals surface area contributed by atoms with E-state index < -0.39 is 5.60 Å². The van der Waals surface area contributed by atoms with Gasteiger partial charge in [-0.05, 0) is 48.9 Å². The predicted octanol–water partition coefficient (Wildman–Crippen LogP) is 4.11. The minimum absolute atomic E-state index is 0.00615. The van der Waals surface area contributed by atoms with E-state index in [1.165, 1.54) is 0 Å². The van der Waals surface area contributed by atoms with Gasteiger partial charge in [-0.2, -0.15) is 0 Å². The van der Waals surface area contributed by atoms with Crippen molar-refractivity contribution in [2.45, 2.75) is 38.3 Å². The fourth-order valence-corrected chi connectivity index (χ4v) is 5.24. The van der Waals surface area contributed by atoms with Crippen LogP contribution in [0.3, 0.4) is 0 Å². The van der Waals surface area contributed by atoms with E-state index in [-0.39, 0.29) is 18.1 Å². The SMILES string of the molecule is C=C(N/N=N\N)c1ccc2c(c1)C(=O)CC1(CCN(C(=O)c3cc(OC)c4ccn(CC)c4c3)CC1)O2. The third kappa shape index (κ3) is 4.39. The van der Waals surface area contributed by atoms with E-state index in [1.54, 1.807) is 31.4 Å². The van der Waals surface area contributed by atoms with Crippen molar-refractivity contribution in [2.75, 3.05) is 20.2 Å². The number of fused-ring (bicyclic) bond motifs is 2. The topological polar surface area (TPSA) is 124 Å². The summed E-state index contributed by atoms with van der Waals surface area (Å²) in [5.41, 5.74) is 5.24. The predicted molar refractivity (Wildman–Crippen MR) is 139 cm³/mol. The molecule has 0 atom stereocenters. The molecule has 3 N–H and O–H groups in total. The monoisotopic (exact) mass is 502 g/mol. The molecule has 2 aliphatic heterocycles. The number of aromatic nitrogens is 1. The van der Waals surface area contributed by atoms with E-state index in [4.69, 9.17) is 15.3 Å². The zero-order chi connectivity index (χ0) is 26.2. The number of hydrogen-bond acceptors (Lipinski definition) is 6. The van der Waals surface area contributed by atoms with Crippen LogP contribution in [-0.2, 0) is 6.54 Å². The van der Waals surface area contributed by atoms with Crippen LogP contribution < -0.4 is 20.7 Å². The molecule has 37 heavy (non-hydrogen) atoms. The molecule has 192 valence electrons. The maximum absolute atomic E-state index is 13.5. The van der Waals surface area contributed by atoms with Gasteiger partial charge in [0.25, 0.3) is 5.91 Å². The van der Waals surface area contributed by atoms with E-state index in [2.05, 4.69) is 33.9 Å². The van der Waals surface area contributed by atoms with Gasteiger partial charge in [-0.15, -0.1) is 0 Å². The van der Waals surface area contributed by atoms with Crippen molar-refractivity contribution in [1.82, 2.24) is 14.9 Å². The highest BCUT2D eigenvalue weighted by atomic mass is 16.5. The van der Waals surface area contributed by atoms with Crippen LogP contribution in [0, 0.1) is 0 Å². The quantitative estimate of drug-likeness (QED) is 0.297. The van der Waals surface area contributed by atoms with Gasteiger partial charge in [0.05, 0.1) is 30.3 Å². The Balaban J connectivity index is 1.31. The van der Waals surface area contributed by atoms with Crippen LogP contribution in [0.1, 0.15) is 52.5 Å². The van der Waals surface area contributed by atoms with Gasteiger partial charge in [0.2, 0.25) is 0 Å². The second kappa shape index (κ2) is 9.61. The summed E-state index contributed by atoms with van der Waals surface area (Å²) in [6.07, 6.45) is 3.41. The molecule has 0 radical (unpaired) electrons. The highest BCUT2D eigenvalue weighted by molar-refractivity contribution is 6.02. The largest absolute Gasteiger partial charge is 0.496 e. The molecule has 0 saturated carbocycles. The first-order valence-corrected chi connectivity index (χ1v) is 12.3. The van der Waals surface area contributed by atoms with Crippen LogP contribution in [0.4, 0.5) is 0 Å². The number of aryl methyl sites for hydroxylation is 1. The molecule has 1 amide bonds. The Bertz CT molecular complexity index is 1420. The molecule has 1 saturated heterocycles. The summed E-state index contributed by atoms with van der Waals surface area (Å²) in [6, 6.07) is 11.1. The number of ketones is 1. The van der Waals surface area contributed by atoms with Gasteiger partial charge in [-0.3, -0.25) is 15.0 Å². The normalized spacial score (nSPS) is 16.6. The van der Waals surface area contributed by atoms with Crippen molar-refractivity contribution < 1.29 is 19.1 Å². The molecule has 2 aliphatic rings. The van der Waals surface area contributed by atoms with Gasteiger partial charge in [0, 0.05) is 49.6 Å². The number of ether oxygens (including phenoxy) is 2. The number of nitrogens with two attached hydrogens (primary N) is 1. The number of Topliss-reactive ketones (excluding diaryl/α,β-unsaturated/α-hetero) is 1. The van der Waals surface area contributed by atoms with Crippen LogP contribution in [-0.4, -0.2) is 47.0 Å². The number of hydrogen-bond donors (Lipinski definition) is 2. The zero-order valence-electron chi connectivity index (χ0n) is 21.0. The van der Waals surface area contributed by atoms with E-state index in [0.29, 0.717) is 59.8 Å². The van der Waals surface area contributed by atoms with Gasteiger partial charge in [-0.25, -0.2) is 0 Å². The molecule has 0 unspecified atom stereocenters. The Kier molecular flexibility index (Phi) is 6.32. The number of carbonyl (C=O) groups excluding carboxylic acids is 2. The lowest BCUT2D eigenvalue weighted by Gasteiger charge is -2.44. The molecule has 1 aromatic heterocycles. The number of piperidine rings is 1. The second-order valence-electron chi connectivity index (χ2n) is 9.41. The molecule has 3 heterocycles. The van der Waals surface area contributed by atoms with Crippen LogP contribution in [0.15, 0.2) is 59.6 Å². The fourth-order valence-electron chi connectivity index (χ4n) is 5.24. The van der Waals surface area contributed by atoms with Crippen molar-refractivity contribution in [3.05, 3.63) is 65.9 Å². The lowest BCUT2D eigenvalue weighted by atomic mass is 9.82. The number of carbonyl (C=O) groups is 2. The summed E-state index contributed by atoms with van der Waals surface area (Å²) in [4.78, 5) is 28.4. The summed E-state index contributed by atoms with van der Waals surface area (Å²) in [7, 11) is 1.62. The van der Waals surface area contributed by atoms with Gasteiger partial charge < -0.3 is 24.8 Å². The number of nitrogens with one attached hydrogen (secondary N) is 1. The third-order valence-electron chi connectivity index (χ3n) is 7.30. The van der Waals surface area contributed by atoms with Crippen LogP contribution in [0.5, 0.6) is 11.5 Å². The molecule has 3 aromatic rings. The van der Waals surface area contributed by atoms with Crippen molar-refractivity contribution in [3.8, 4) is 11.5 Å². The number of methoxy groups -OCH3 is 1. The molecule has 1 fully saturated rings. The fraction of sp³-hybridized carbons (Fsp3) is 0.333. The van der Waals surface area contributed by atoms with Gasteiger partial charge in [-0.1, -0.05) is 17.0 Å². The van der Waals surface area contributed by atoms with Crippen molar-refractivity contribution >= 4 is 28.3 Å². The number of rotatable bonds is 6. The molecular formula is C27H30N6O4. The first-order valence-electron chi connectivity index (χ1n) is 12.3. The lowest BCUT2D eigenvalue weighted by Crippen LogP contribution is -2.52. The van der Waals surface area contributed by atoms with E-state index in [9.17, 15) is 9.59 Å². The van der Waals surface area contributed by atoms with Crippen molar-refractivity contribution in [1.29, 1.82) is 0 Å². The highest BCUT2D eigenvalue weighted by Gasteiger charge is 2.44. The average molecular weight is 503 g/mol. The van der Waals surface area contributed by atoms with Gasteiger partial charge >= 0.3 is 0 Å². The van der Waals surface area contributed by atoms with Gasteiger partial charge in [0.15, 0.2) is 5.78 Å². The Morgan fingerprint density at radius 1 is 1.22 bits per heavy atom. The number of amides is 1. The van der Waals surface area contributed by atoms with Gasteiger partial charge in [0.1, 0.15) is 17.1 Å². The standard InChI is InChI=1S/C27H30N6O4/c1-4-32-10-7-20-22(32)14-19(15-25(20)36-3)26(35)33-11-8-27(9-12-33)16-23(34)21-13-18(5-6-24(21)37-27)17(2)29-31-30-28/h5-7,10,13-15H,2,4,8-9,11-12,16H2,1,3H3,(H2,28,31)(H,29,30). The van der Waals surface area contributed by atoms with E-state index in [0.717, 1.165) is 17.4 Å². The Labute approximate surface area is 214 Å². The summed E-state index contributed by atoms with van der Waals surface area (Å²) in [6.45, 7) is 7.75. The molecular weight excluding hydrogens is 472 g/mol. The van der Waals surface area contributed by atoms with Crippen LogP contribution >= 0.6 is 0 Å². The van der Waals surface area contributed by atoms with Crippen molar-refractivity contribution in [2.24, 2.45) is 16.3 Å². The van der Waals surface area contributed by atoms with E-state index in [1.807, 2.05) is 23.2 Å². The lowest BCUT2D eigenvalue weighted by molar-refractivity contribution is -0.00572. The summed E-state index contributed by atoms with van der Waals surface area (Å²) in [5, 5.41) is 7.65. The Morgan fingerprint density at radius 3 is 2.70 bits per heavy atom. The Hall–Kier alpha value is -4.34. The maximum atomic E-state index is 13.5. The minimum atomic E-state index is -0.621. The number of likely N-dealkylation sites (tertiary alicyclic amines) is 1. The molecule has 1 spiro atoms. The third-order valence-corrected chi connectivity index (χ3v) is 7.30. The smallest absolute Gasteiger partial charge is 0.254 e. The maximum Gasteiger partial charge on any atom is 0.254 e. The zero-order valence-corrected chi connectivity index (χ0v) is 21.0. The van der Waals surface area contributed by atoms with Crippen molar-refractivity contribution in [3.63, 3.8) is 0 Å². The summed E-state index contributed by atoms with van der Waals surface area (Å²) in [5.74, 6) is 6.20. The van der Waals surface area contributed by atoms with E-state index >= 15 is 0 Å². The van der Waals surface area contributed by atoms with Crippen LogP contribution in [0.25, 0.3) is 16.6 Å². The second-order valence-corrected chi connectivity index (χ2v) is 9.41. The minimum Gasteiger partial charge on any atom is -0.496 e. The molecule has 2 aromatic carbocycles. The van der Waals surface area contributed by atoms with Crippen LogP contribution in [0.2, 0.25) is 0 Å².